The third-order valence-electron chi connectivity index (χ3n) is 14.0. The number of rotatable bonds is 11. The van der Waals surface area contributed by atoms with Crippen LogP contribution in [-0.2, 0) is 11.8 Å². The predicted octanol–water partition coefficient (Wildman–Crippen LogP) is 16.9. The Bertz CT molecular complexity index is 2930. The third-order valence-corrected chi connectivity index (χ3v) is 14.0. The number of benzene rings is 7. The van der Waals surface area contributed by atoms with Gasteiger partial charge in [0, 0.05) is 22.7 Å². The molecule has 2 unspecified atom stereocenters. The number of nitrogens with zero attached hydrogens (tertiary/aromatic N) is 1. The smallest absolute Gasteiger partial charge is 0.0537 e. The second-order valence-corrected chi connectivity index (χ2v) is 18.2. The first-order valence-electron chi connectivity index (χ1n) is 23.1. The SMILES string of the molecule is CCCCc1ccccc1-c1ccc(-c2ccccc2N(C2=CC(c3ccccc3)=CCC2)c2ccccc2-c2ccccc2C2=CC3c4ccccc4C(C)(C)C3C=C2)cc1C. The van der Waals surface area contributed by atoms with E-state index >= 15 is 0 Å². The molecule has 1 heteroatoms. The van der Waals surface area contributed by atoms with Crippen LogP contribution >= 0.6 is 0 Å². The van der Waals surface area contributed by atoms with E-state index in [1.807, 2.05) is 0 Å². The molecule has 1 nitrogen and oxygen atoms in total. The molecule has 10 rings (SSSR count). The zero-order valence-electron chi connectivity index (χ0n) is 37.2. The number of para-hydroxylation sites is 2. The number of aryl methyl sites for hydroxylation is 2. The van der Waals surface area contributed by atoms with Crippen LogP contribution in [-0.4, -0.2) is 0 Å². The van der Waals surface area contributed by atoms with Crippen LogP contribution in [0.5, 0.6) is 0 Å². The van der Waals surface area contributed by atoms with Gasteiger partial charge in [-0.05, 0) is 129 Å². The van der Waals surface area contributed by atoms with Crippen LogP contribution in [0.1, 0.15) is 85.8 Å². The summed E-state index contributed by atoms with van der Waals surface area (Å²) in [6.45, 7) is 9.39. The van der Waals surface area contributed by atoms with Crippen molar-refractivity contribution in [2.45, 2.75) is 71.1 Å². The molecule has 0 bridgehead atoms. The van der Waals surface area contributed by atoms with Crippen LogP contribution in [0.3, 0.4) is 0 Å². The lowest BCUT2D eigenvalue weighted by molar-refractivity contribution is 0.395. The molecule has 0 N–H and O–H groups in total. The molecule has 0 saturated heterocycles. The lowest BCUT2D eigenvalue weighted by Gasteiger charge is -2.34. The van der Waals surface area contributed by atoms with Gasteiger partial charge in [-0.3, -0.25) is 0 Å². The van der Waals surface area contributed by atoms with Gasteiger partial charge < -0.3 is 4.90 Å². The maximum Gasteiger partial charge on any atom is 0.0537 e. The highest BCUT2D eigenvalue weighted by Gasteiger charge is 2.45. The Morgan fingerprint density at radius 1 is 0.587 bits per heavy atom. The second-order valence-electron chi connectivity index (χ2n) is 18.2. The van der Waals surface area contributed by atoms with Gasteiger partial charge in [0.25, 0.3) is 0 Å². The van der Waals surface area contributed by atoms with E-state index in [9.17, 15) is 0 Å². The van der Waals surface area contributed by atoms with Gasteiger partial charge >= 0.3 is 0 Å². The van der Waals surface area contributed by atoms with Gasteiger partial charge in [0.2, 0.25) is 0 Å². The van der Waals surface area contributed by atoms with Gasteiger partial charge in [0.05, 0.1) is 11.4 Å². The van der Waals surface area contributed by atoms with Crippen molar-refractivity contribution in [3.8, 4) is 33.4 Å². The lowest BCUT2D eigenvalue weighted by Crippen LogP contribution is -2.25. The summed E-state index contributed by atoms with van der Waals surface area (Å²) in [5.74, 6) is 0.779. The standard InChI is InChI=1S/C62H57N/c1-5-6-21-45-24-10-11-27-51(45)50-38-36-47(40-43(50)2)53-29-15-18-34-60(53)63(49-26-20-25-46(41-49)44-22-8-7-9-23-44)61-35-19-16-32-56(61)54-30-13-12-28-52(54)48-37-39-59-57(42-48)55-31-14-17-33-58(55)62(59,3)4/h7-19,22-25,27-42,57,59H,5-6,20-21,26H2,1-4H3. The van der Waals surface area contributed by atoms with E-state index in [2.05, 4.69) is 233 Å². The van der Waals surface area contributed by atoms with Crippen LogP contribution in [0.15, 0.2) is 206 Å². The molecule has 0 saturated carbocycles. The van der Waals surface area contributed by atoms with Crippen molar-refractivity contribution in [1.82, 2.24) is 0 Å². The van der Waals surface area contributed by atoms with Crippen molar-refractivity contribution in [2.75, 3.05) is 4.90 Å². The van der Waals surface area contributed by atoms with Crippen LogP contribution in [0.2, 0.25) is 0 Å². The molecular formula is C62H57N. The van der Waals surface area contributed by atoms with Gasteiger partial charge in [0.15, 0.2) is 0 Å². The van der Waals surface area contributed by atoms with Gasteiger partial charge in [0.1, 0.15) is 0 Å². The van der Waals surface area contributed by atoms with Gasteiger partial charge in [-0.15, -0.1) is 0 Å². The number of anilines is 2. The summed E-state index contributed by atoms with van der Waals surface area (Å²) >= 11 is 0. The van der Waals surface area contributed by atoms with Crippen LogP contribution in [0.4, 0.5) is 11.4 Å². The molecule has 310 valence electrons. The van der Waals surface area contributed by atoms with Crippen molar-refractivity contribution in [3.05, 3.63) is 239 Å². The van der Waals surface area contributed by atoms with E-state index in [1.165, 1.54) is 108 Å². The normalized spacial score (nSPS) is 17.3. The first kappa shape index (κ1) is 40.4. The fourth-order valence-corrected chi connectivity index (χ4v) is 10.8. The molecule has 0 fully saturated rings. The first-order chi connectivity index (χ1) is 30.9. The first-order valence-corrected chi connectivity index (χ1v) is 23.1. The fraction of sp³-hybridized carbons (Fsp3) is 0.194. The quantitative estimate of drug-likeness (QED) is 0.126. The lowest BCUT2D eigenvalue weighted by atomic mass is 9.73. The minimum Gasteiger partial charge on any atom is -0.313 e. The van der Waals surface area contributed by atoms with E-state index in [1.54, 1.807) is 0 Å². The summed E-state index contributed by atoms with van der Waals surface area (Å²) in [7, 11) is 0. The minimum atomic E-state index is 0.0819. The topological polar surface area (TPSA) is 3.24 Å². The molecule has 63 heavy (non-hydrogen) atoms. The van der Waals surface area contributed by atoms with Crippen molar-refractivity contribution in [1.29, 1.82) is 0 Å². The third kappa shape index (κ3) is 7.54. The van der Waals surface area contributed by atoms with Gasteiger partial charge in [-0.1, -0.05) is 209 Å². The fourth-order valence-electron chi connectivity index (χ4n) is 10.8. The molecule has 3 aliphatic rings. The Morgan fingerprint density at radius 3 is 2.02 bits per heavy atom. The van der Waals surface area contributed by atoms with E-state index < -0.39 is 0 Å². The molecule has 0 spiro atoms. The molecule has 0 aliphatic heterocycles. The highest BCUT2D eigenvalue weighted by atomic mass is 15.2. The van der Waals surface area contributed by atoms with Crippen LogP contribution in [0, 0.1) is 12.8 Å². The Hall–Kier alpha value is -6.70. The molecule has 0 radical (unpaired) electrons. The maximum atomic E-state index is 2.58. The number of hydrogen-bond donors (Lipinski definition) is 0. The van der Waals surface area contributed by atoms with E-state index in [-0.39, 0.29) is 5.41 Å². The molecule has 7 aromatic rings. The summed E-state index contributed by atoms with van der Waals surface area (Å²) in [4.78, 5) is 2.58. The summed E-state index contributed by atoms with van der Waals surface area (Å²) in [5.41, 5.74) is 22.0. The molecule has 0 aromatic heterocycles. The second kappa shape index (κ2) is 17.2. The summed E-state index contributed by atoms with van der Waals surface area (Å²) in [6.07, 6.45) is 17.7. The molecule has 7 aromatic carbocycles. The molecule has 3 aliphatic carbocycles. The highest BCUT2D eigenvalue weighted by Crippen LogP contribution is 2.55. The van der Waals surface area contributed by atoms with Crippen molar-refractivity contribution in [3.63, 3.8) is 0 Å². The Labute approximate surface area is 375 Å². The maximum absolute atomic E-state index is 2.58. The van der Waals surface area contributed by atoms with E-state index in [4.69, 9.17) is 0 Å². The summed E-state index contributed by atoms with van der Waals surface area (Å²) in [6, 6.07) is 63.3. The molecule has 2 atom stereocenters. The molecule has 0 heterocycles. The van der Waals surface area contributed by atoms with E-state index in [0.29, 0.717) is 11.8 Å². The minimum absolute atomic E-state index is 0.0819. The summed E-state index contributed by atoms with van der Waals surface area (Å²) in [5, 5.41) is 0. The summed E-state index contributed by atoms with van der Waals surface area (Å²) < 4.78 is 0. The van der Waals surface area contributed by atoms with E-state index in [0.717, 1.165) is 19.3 Å². The van der Waals surface area contributed by atoms with Gasteiger partial charge in [-0.2, -0.15) is 0 Å². The van der Waals surface area contributed by atoms with Crippen LogP contribution in [0.25, 0.3) is 44.5 Å². The van der Waals surface area contributed by atoms with Crippen molar-refractivity contribution in [2.24, 2.45) is 5.92 Å². The van der Waals surface area contributed by atoms with Gasteiger partial charge in [-0.25, -0.2) is 0 Å². The zero-order chi connectivity index (χ0) is 42.9. The molecule has 0 amide bonds. The molecular weight excluding hydrogens is 759 g/mol. The monoisotopic (exact) mass is 815 g/mol. The number of allylic oxidation sites excluding steroid dienone is 8. The van der Waals surface area contributed by atoms with Crippen molar-refractivity contribution < 1.29 is 0 Å². The Kier molecular flexibility index (Phi) is 11.0. The average Bonchev–Trinajstić information content (AvgIpc) is 3.57. The highest BCUT2D eigenvalue weighted by molar-refractivity contribution is 5.96. The number of fused-ring (bicyclic) bond motifs is 3. The number of unbranched alkanes of at least 4 members (excludes halogenated alkanes) is 1. The zero-order valence-corrected chi connectivity index (χ0v) is 37.2. The predicted molar refractivity (Wildman–Crippen MR) is 269 cm³/mol. The largest absolute Gasteiger partial charge is 0.313 e. The average molecular weight is 816 g/mol. The Morgan fingerprint density at radius 2 is 1.24 bits per heavy atom. The van der Waals surface area contributed by atoms with Crippen LogP contribution < -0.4 is 4.90 Å². The number of hydrogen-bond acceptors (Lipinski definition) is 1. The Balaban J connectivity index is 1.12. The van der Waals surface area contributed by atoms with Crippen molar-refractivity contribution >= 4 is 22.5 Å².